The highest BCUT2D eigenvalue weighted by Crippen LogP contribution is 2.27. The van der Waals surface area contributed by atoms with Crippen LogP contribution in [0.2, 0.25) is 4.34 Å². The fourth-order valence-electron chi connectivity index (χ4n) is 3.97. The van der Waals surface area contributed by atoms with Crippen LogP contribution in [-0.2, 0) is 20.0 Å². The van der Waals surface area contributed by atoms with Crippen LogP contribution in [0, 0.1) is 5.92 Å². The Balaban J connectivity index is 1.35. The Hall–Kier alpha value is -2.54. The average molecular weight is 566 g/mol. The van der Waals surface area contributed by atoms with Crippen LogP contribution >= 0.6 is 22.9 Å². The van der Waals surface area contributed by atoms with E-state index in [2.05, 4.69) is 4.72 Å². The third-order valence-electron chi connectivity index (χ3n) is 5.79. The summed E-state index contributed by atoms with van der Waals surface area (Å²) in [7, 11) is -7.51. The monoisotopic (exact) mass is 565 g/mol. The van der Waals surface area contributed by atoms with E-state index in [0.717, 1.165) is 10.3 Å². The molecule has 0 bridgehead atoms. The molecule has 190 valence electrons. The van der Waals surface area contributed by atoms with Crippen molar-refractivity contribution in [1.29, 1.82) is 0 Å². The second-order valence-corrected chi connectivity index (χ2v) is 13.3. The highest BCUT2D eigenvalue weighted by atomic mass is 35.5. The minimum absolute atomic E-state index is 0.00535. The smallest absolute Gasteiger partial charge is 0.253 e. The Kier molecular flexibility index (Phi) is 7.98. The first-order chi connectivity index (χ1) is 17.0. The van der Waals surface area contributed by atoms with Gasteiger partial charge in [-0.2, -0.15) is 0 Å². The van der Waals surface area contributed by atoms with Gasteiger partial charge in [-0.25, -0.2) is 26.7 Å². The number of sulfonamides is 2. The largest absolute Gasteiger partial charge is 0.338 e. The Bertz CT molecular complexity index is 1500. The van der Waals surface area contributed by atoms with Gasteiger partial charge < -0.3 is 4.90 Å². The Morgan fingerprint density at radius 3 is 2.47 bits per heavy atom. The van der Waals surface area contributed by atoms with E-state index >= 15 is 0 Å². The van der Waals surface area contributed by atoms with E-state index < -0.39 is 20.0 Å². The van der Waals surface area contributed by atoms with Gasteiger partial charge in [0, 0.05) is 41.0 Å². The van der Waals surface area contributed by atoms with E-state index in [1.165, 1.54) is 23.5 Å². The van der Waals surface area contributed by atoms with Gasteiger partial charge in [-0.3, -0.25) is 4.79 Å². The number of hydrogen-bond acceptors (Lipinski definition) is 6. The molecule has 3 N–H and O–H groups in total. The summed E-state index contributed by atoms with van der Waals surface area (Å²) in [4.78, 5) is 15.4. The Morgan fingerprint density at radius 2 is 1.81 bits per heavy atom. The number of thiophene rings is 1. The first kappa shape index (κ1) is 26.5. The summed E-state index contributed by atoms with van der Waals surface area (Å²) >= 11 is 7.14. The summed E-state index contributed by atoms with van der Waals surface area (Å²) in [5.41, 5.74) is 1.55. The van der Waals surface area contributed by atoms with Crippen LogP contribution < -0.4 is 9.86 Å². The molecular formula is C24H24ClN3O5S3. The van der Waals surface area contributed by atoms with Crippen LogP contribution in [0.3, 0.4) is 0 Å². The number of amides is 1. The van der Waals surface area contributed by atoms with Crippen LogP contribution in [-0.4, -0.2) is 47.3 Å². The van der Waals surface area contributed by atoms with Crippen molar-refractivity contribution in [3.63, 3.8) is 0 Å². The fourth-order valence-corrected chi connectivity index (χ4v) is 6.67. The number of hydrogen-bond donors (Lipinski definition) is 2. The topological polar surface area (TPSA) is 127 Å². The molecule has 4 rings (SSSR count). The third kappa shape index (κ3) is 6.61. The molecule has 0 unspecified atom stereocenters. The Labute approximate surface area is 219 Å². The number of nitrogens with one attached hydrogen (secondary N) is 1. The predicted molar refractivity (Wildman–Crippen MR) is 143 cm³/mol. The first-order valence-electron chi connectivity index (χ1n) is 11.0. The van der Waals surface area contributed by atoms with Gasteiger partial charge in [0.25, 0.3) is 5.91 Å². The van der Waals surface area contributed by atoms with Crippen LogP contribution in [0.1, 0.15) is 21.7 Å². The zero-order chi connectivity index (χ0) is 25.9. The lowest BCUT2D eigenvalue weighted by atomic mass is 10.0. The highest BCUT2D eigenvalue weighted by molar-refractivity contribution is 7.92. The van der Waals surface area contributed by atoms with E-state index in [9.17, 15) is 21.6 Å². The molecule has 0 saturated carbocycles. The van der Waals surface area contributed by atoms with Crippen LogP contribution in [0.15, 0.2) is 71.0 Å². The van der Waals surface area contributed by atoms with E-state index in [1.54, 1.807) is 59.5 Å². The molecule has 1 fully saturated rings. The van der Waals surface area contributed by atoms with Crippen molar-refractivity contribution in [1.82, 2.24) is 9.62 Å². The number of primary sulfonamides is 1. The summed E-state index contributed by atoms with van der Waals surface area (Å²) < 4.78 is 51.5. The summed E-state index contributed by atoms with van der Waals surface area (Å²) in [6, 6.07) is 16.5. The molecule has 0 radical (unpaired) electrons. The molecule has 0 spiro atoms. The molecule has 1 aromatic heterocycles. The fraction of sp³-hybridized carbons (Fsp3) is 0.208. The van der Waals surface area contributed by atoms with E-state index in [-0.39, 0.29) is 23.3 Å². The number of carbonyl (C=O) groups is 1. The molecule has 2 heterocycles. The standard InChI is InChI=1S/C24H24ClN3O5S3/c25-23-10-9-20(34-23)12-14-35(30,31)27-15-17-11-13-28(16-17)24(29)19-7-5-18(6-8-19)21-3-1-2-4-22(21)36(26,32)33/h1-10,12,14,17,27H,11,13,15-16H2,(H2,26,32,33)/b14-12+/t17-/m0/s1. The first-order valence-corrected chi connectivity index (χ1v) is 15.3. The normalized spacial score (nSPS) is 16.6. The van der Waals surface area contributed by atoms with Gasteiger partial charge in [0.05, 0.1) is 9.23 Å². The maximum Gasteiger partial charge on any atom is 0.253 e. The third-order valence-corrected chi connectivity index (χ3v) is 9.02. The summed E-state index contributed by atoms with van der Waals surface area (Å²) in [5, 5.41) is 6.44. The van der Waals surface area contributed by atoms with Gasteiger partial charge in [-0.15, -0.1) is 11.3 Å². The van der Waals surface area contributed by atoms with E-state index in [1.807, 2.05) is 0 Å². The SMILES string of the molecule is NS(=O)(=O)c1ccccc1-c1ccc(C(=O)N2CC[C@@H](CNS(=O)(=O)/C=C/c3ccc(Cl)s3)C2)cc1. The molecule has 36 heavy (non-hydrogen) atoms. The minimum Gasteiger partial charge on any atom is -0.338 e. The number of carbonyl (C=O) groups excluding carboxylic acids is 1. The van der Waals surface area contributed by atoms with Crippen LogP contribution in [0.5, 0.6) is 0 Å². The molecule has 3 aromatic rings. The van der Waals surface area contributed by atoms with Crippen molar-refractivity contribution in [3.05, 3.63) is 80.8 Å². The van der Waals surface area contributed by atoms with E-state index in [4.69, 9.17) is 16.7 Å². The number of nitrogens with zero attached hydrogens (tertiary/aromatic N) is 1. The molecule has 1 saturated heterocycles. The quantitative estimate of drug-likeness (QED) is 0.430. The number of rotatable bonds is 8. The zero-order valence-electron chi connectivity index (χ0n) is 19.0. The lowest BCUT2D eigenvalue weighted by molar-refractivity contribution is 0.0787. The molecule has 1 amide bonds. The molecule has 2 aromatic carbocycles. The second kappa shape index (κ2) is 10.8. The number of halogens is 1. The van der Waals surface area contributed by atoms with Crippen molar-refractivity contribution in [2.24, 2.45) is 11.1 Å². The predicted octanol–water partition coefficient (Wildman–Crippen LogP) is 3.77. The molecule has 1 aliphatic rings. The van der Waals surface area contributed by atoms with Crippen molar-refractivity contribution in [2.45, 2.75) is 11.3 Å². The molecule has 8 nitrogen and oxygen atoms in total. The van der Waals surface area contributed by atoms with Crippen LogP contribution in [0.25, 0.3) is 17.2 Å². The molecule has 1 aliphatic heterocycles. The maximum absolute atomic E-state index is 13.0. The van der Waals surface area contributed by atoms with Gasteiger partial charge in [-0.05, 0) is 54.3 Å². The van der Waals surface area contributed by atoms with Gasteiger partial charge in [0.1, 0.15) is 0 Å². The second-order valence-electron chi connectivity index (χ2n) is 8.36. The maximum atomic E-state index is 13.0. The molecule has 12 heteroatoms. The van der Waals surface area contributed by atoms with Gasteiger partial charge in [-0.1, -0.05) is 41.9 Å². The summed E-state index contributed by atoms with van der Waals surface area (Å²) in [6.45, 7) is 1.18. The molecule has 0 aliphatic carbocycles. The highest BCUT2D eigenvalue weighted by Gasteiger charge is 2.27. The molecule has 1 atom stereocenters. The lowest BCUT2D eigenvalue weighted by Gasteiger charge is -2.17. The lowest BCUT2D eigenvalue weighted by Crippen LogP contribution is -2.32. The van der Waals surface area contributed by atoms with Crippen molar-refractivity contribution < 1.29 is 21.6 Å². The van der Waals surface area contributed by atoms with Crippen molar-refractivity contribution in [2.75, 3.05) is 19.6 Å². The summed E-state index contributed by atoms with van der Waals surface area (Å²) in [6.07, 6.45) is 2.17. The minimum atomic E-state index is -3.89. The zero-order valence-corrected chi connectivity index (χ0v) is 22.2. The van der Waals surface area contributed by atoms with E-state index in [0.29, 0.717) is 40.5 Å². The van der Waals surface area contributed by atoms with Gasteiger partial charge in [0.2, 0.25) is 20.0 Å². The van der Waals surface area contributed by atoms with Gasteiger partial charge >= 0.3 is 0 Å². The average Bonchev–Trinajstić information content (AvgIpc) is 3.50. The summed E-state index contributed by atoms with van der Waals surface area (Å²) in [5.74, 6) is -0.171. The van der Waals surface area contributed by atoms with Crippen LogP contribution in [0.4, 0.5) is 0 Å². The van der Waals surface area contributed by atoms with Crippen molar-refractivity contribution in [3.8, 4) is 11.1 Å². The Morgan fingerprint density at radius 1 is 1.08 bits per heavy atom. The number of benzene rings is 2. The number of nitrogens with two attached hydrogens (primary N) is 1. The molecular weight excluding hydrogens is 542 g/mol. The van der Waals surface area contributed by atoms with Crippen molar-refractivity contribution >= 4 is 55.0 Å². The number of likely N-dealkylation sites (tertiary alicyclic amines) is 1. The van der Waals surface area contributed by atoms with Gasteiger partial charge in [0.15, 0.2) is 0 Å².